The van der Waals surface area contributed by atoms with Crippen LogP contribution in [-0.4, -0.2) is 41.4 Å². The number of aryl methyl sites for hydroxylation is 1. The fourth-order valence-corrected chi connectivity index (χ4v) is 4.85. The van der Waals surface area contributed by atoms with E-state index < -0.39 is 6.04 Å². The van der Waals surface area contributed by atoms with Crippen molar-refractivity contribution in [3.8, 4) is 0 Å². The Balaban J connectivity index is 1.78. The van der Waals surface area contributed by atoms with Gasteiger partial charge in [-0.1, -0.05) is 26.7 Å². The molecule has 1 aliphatic carbocycles. The second-order valence-electron chi connectivity index (χ2n) is 7.87. The SMILES string of the molecule is Cc1ccc(CN2CC(NC(=O)C(C)C)C(=O)NC3(CCCC3)C2)s1. The van der Waals surface area contributed by atoms with Crippen molar-refractivity contribution in [1.29, 1.82) is 0 Å². The predicted octanol–water partition coefficient (Wildman–Crippen LogP) is 2.44. The third-order valence-corrected chi connectivity index (χ3v) is 6.23. The zero-order valence-corrected chi connectivity index (χ0v) is 16.2. The van der Waals surface area contributed by atoms with Crippen LogP contribution in [0.2, 0.25) is 0 Å². The van der Waals surface area contributed by atoms with Gasteiger partial charge in [-0.05, 0) is 31.9 Å². The molecule has 1 atom stereocenters. The molecule has 5 nitrogen and oxygen atoms in total. The van der Waals surface area contributed by atoms with Gasteiger partial charge in [0.25, 0.3) is 0 Å². The predicted molar refractivity (Wildman–Crippen MR) is 100 cm³/mol. The van der Waals surface area contributed by atoms with Crippen molar-refractivity contribution < 1.29 is 9.59 Å². The van der Waals surface area contributed by atoms with Gasteiger partial charge >= 0.3 is 0 Å². The number of amides is 2. The fraction of sp³-hybridized carbons (Fsp3) is 0.684. The van der Waals surface area contributed by atoms with Crippen LogP contribution in [0.4, 0.5) is 0 Å². The summed E-state index contributed by atoms with van der Waals surface area (Å²) in [6.07, 6.45) is 4.39. The van der Waals surface area contributed by atoms with Gasteiger partial charge in [0.05, 0.1) is 5.54 Å². The van der Waals surface area contributed by atoms with Crippen LogP contribution in [0.25, 0.3) is 0 Å². The van der Waals surface area contributed by atoms with E-state index >= 15 is 0 Å². The summed E-state index contributed by atoms with van der Waals surface area (Å²) < 4.78 is 0. The van der Waals surface area contributed by atoms with Crippen LogP contribution in [-0.2, 0) is 16.1 Å². The Kier molecular flexibility index (Phi) is 5.49. The minimum absolute atomic E-state index is 0.0271. The summed E-state index contributed by atoms with van der Waals surface area (Å²) >= 11 is 1.81. The lowest BCUT2D eigenvalue weighted by atomic mass is 9.97. The van der Waals surface area contributed by atoms with Crippen LogP contribution in [0.15, 0.2) is 12.1 Å². The molecule has 1 saturated carbocycles. The first-order chi connectivity index (χ1) is 11.9. The van der Waals surface area contributed by atoms with Crippen molar-refractivity contribution in [1.82, 2.24) is 15.5 Å². The van der Waals surface area contributed by atoms with Crippen LogP contribution < -0.4 is 10.6 Å². The van der Waals surface area contributed by atoms with E-state index in [9.17, 15) is 9.59 Å². The second-order valence-corrected chi connectivity index (χ2v) is 9.25. The van der Waals surface area contributed by atoms with E-state index in [2.05, 4.69) is 34.6 Å². The number of thiophene rings is 1. The van der Waals surface area contributed by atoms with Gasteiger partial charge in [0.15, 0.2) is 0 Å². The summed E-state index contributed by atoms with van der Waals surface area (Å²) in [7, 11) is 0. The molecular formula is C19H29N3O2S. The zero-order valence-electron chi connectivity index (χ0n) is 15.4. The maximum atomic E-state index is 12.8. The summed E-state index contributed by atoms with van der Waals surface area (Å²) in [5.74, 6) is -0.208. The Bertz CT molecular complexity index is 634. The molecule has 0 aromatic carbocycles. The summed E-state index contributed by atoms with van der Waals surface area (Å²) in [5.41, 5.74) is -0.124. The zero-order chi connectivity index (χ0) is 18.0. The topological polar surface area (TPSA) is 61.4 Å². The monoisotopic (exact) mass is 363 g/mol. The lowest BCUT2D eigenvalue weighted by Crippen LogP contribution is -2.54. The Morgan fingerprint density at radius 1 is 1.40 bits per heavy atom. The van der Waals surface area contributed by atoms with E-state index in [-0.39, 0.29) is 23.3 Å². The van der Waals surface area contributed by atoms with Crippen LogP contribution in [0.5, 0.6) is 0 Å². The van der Waals surface area contributed by atoms with Crippen LogP contribution in [0.1, 0.15) is 49.3 Å². The highest BCUT2D eigenvalue weighted by Gasteiger charge is 2.42. The maximum Gasteiger partial charge on any atom is 0.244 e. The van der Waals surface area contributed by atoms with Crippen LogP contribution >= 0.6 is 11.3 Å². The van der Waals surface area contributed by atoms with Gasteiger partial charge < -0.3 is 10.6 Å². The first-order valence-electron chi connectivity index (χ1n) is 9.27. The molecule has 1 saturated heterocycles. The summed E-state index contributed by atoms with van der Waals surface area (Å²) in [4.78, 5) is 29.9. The molecule has 1 aliphatic heterocycles. The van der Waals surface area contributed by atoms with Gasteiger partial charge in [-0.3, -0.25) is 14.5 Å². The lowest BCUT2D eigenvalue weighted by molar-refractivity contribution is -0.131. The third kappa shape index (κ3) is 4.42. The standard InChI is InChI=1S/C19H29N3O2S/c1-13(2)17(23)20-16-11-22(10-15-7-6-14(3)25-15)12-19(21-18(16)24)8-4-5-9-19/h6-7,13,16H,4-5,8-12H2,1-3H3,(H,20,23)(H,21,24). The summed E-state index contributed by atoms with van der Waals surface area (Å²) in [5, 5.41) is 6.22. The van der Waals surface area contributed by atoms with E-state index in [0.717, 1.165) is 38.8 Å². The number of carbonyl (C=O) groups excluding carboxylic acids is 2. The smallest absolute Gasteiger partial charge is 0.244 e. The van der Waals surface area contributed by atoms with Crippen molar-refractivity contribution >= 4 is 23.2 Å². The molecule has 6 heteroatoms. The van der Waals surface area contributed by atoms with E-state index in [1.807, 2.05) is 13.8 Å². The molecule has 138 valence electrons. The summed E-state index contributed by atoms with van der Waals surface area (Å²) in [6.45, 7) is 8.10. The first kappa shape index (κ1) is 18.4. The average molecular weight is 364 g/mol. The van der Waals surface area contributed by atoms with Crippen molar-refractivity contribution in [3.05, 3.63) is 21.9 Å². The molecular weight excluding hydrogens is 334 g/mol. The van der Waals surface area contributed by atoms with Crippen molar-refractivity contribution in [2.24, 2.45) is 5.92 Å². The van der Waals surface area contributed by atoms with Crippen molar-refractivity contribution in [2.75, 3.05) is 13.1 Å². The molecule has 0 radical (unpaired) electrons. The maximum absolute atomic E-state index is 12.8. The minimum Gasteiger partial charge on any atom is -0.348 e. The number of carbonyl (C=O) groups is 2. The van der Waals surface area contributed by atoms with Crippen molar-refractivity contribution in [2.45, 2.75) is 64.6 Å². The summed E-state index contributed by atoms with van der Waals surface area (Å²) in [6, 6.07) is 3.84. The van der Waals surface area contributed by atoms with Crippen molar-refractivity contribution in [3.63, 3.8) is 0 Å². The molecule has 1 aromatic heterocycles. The van der Waals surface area contributed by atoms with E-state index in [0.29, 0.717) is 6.54 Å². The Labute approximate surface area is 154 Å². The number of nitrogens with one attached hydrogen (secondary N) is 2. The molecule has 0 bridgehead atoms. The van der Waals surface area contributed by atoms with Gasteiger partial charge in [-0.15, -0.1) is 11.3 Å². The number of hydrogen-bond donors (Lipinski definition) is 2. The number of nitrogens with zero attached hydrogens (tertiary/aromatic N) is 1. The molecule has 1 spiro atoms. The van der Waals surface area contributed by atoms with Gasteiger partial charge in [0.2, 0.25) is 11.8 Å². The van der Waals surface area contributed by atoms with Crippen LogP contribution in [0, 0.1) is 12.8 Å². The average Bonchev–Trinajstić information content (AvgIpc) is 3.12. The first-order valence-corrected chi connectivity index (χ1v) is 10.1. The fourth-order valence-electron chi connectivity index (χ4n) is 3.92. The Morgan fingerprint density at radius 3 is 2.72 bits per heavy atom. The third-order valence-electron chi connectivity index (χ3n) is 5.25. The molecule has 2 amide bonds. The van der Waals surface area contributed by atoms with Gasteiger partial charge in [0.1, 0.15) is 6.04 Å². The molecule has 3 rings (SSSR count). The number of hydrogen-bond acceptors (Lipinski definition) is 4. The molecule has 2 fully saturated rings. The second kappa shape index (κ2) is 7.46. The quantitative estimate of drug-likeness (QED) is 0.864. The van der Waals surface area contributed by atoms with E-state index in [1.165, 1.54) is 9.75 Å². The normalized spacial score (nSPS) is 23.7. The van der Waals surface area contributed by atoms with Gasteiger partial charge in [-0.2, -0.15) is 0 Å². The molecule has 1 unspecified atom stereocenters. The molecule has 2 aliphatic rings. The molecule has 25 heavy (non-hydrogen) atoms. The number of rotatable bonds is 4. The Hall–Kier alpha value is -1.40. The highest BCUT2D eigenvalue weighted by atomic mass is 32.1. The van der Waals surface area contributed by atoms with Gasteiger partial charge in [-0.25, -0.2) is 0 Å². The molecule has 2 N–H and O–H groups in total. The highest BCUT2D eigenvalue weighted by molar-refractivity contribution is 7.11. The minimum atomic E-state index is -0.476. The van der Waals surface area contributed by atoms with Gasteiger partial charge in [0, 0.05) is 35.3 Å². The Morgan fingerprint density at radius 2 is 2.12 bits per heavy atom. The van der Waals surface area contributed by atoms with E-state index in [4.69, 9.17) is 0 Å². The largest absolute Gasteiger partial charge is 0.348 e. The highest BCUT2D eigenvalue weighted by Crippen LogP contribution is 2.32. The van der Waals surface area contributed by atoms with Crippen LogP contribution in [0.3, 0.4) is 0 Å². The van der Waals surface area contributed by atoms with E-state index in [1.54, 1.807) is 11.3 Å². The molecule has 1 aromatic rings. The molecule has 2 heterocycles. The lowest BCUT2D eigenvalue weighted by Gasteiger charge is -2.32.